The van der Waals surface area contributed by atoms with Crippen LogP contribution in [0.2, 0.25) is 0 Å². The fourth-order valence-corrected chi connectivity index (χ4v) is 4.12. The minimum Gasteiger partial charge on any atom is -0.361 e. The maximum Gasteiger partial charge on any atom is 0.265 e. The Bertz CT molecular complexity index is 659. The van der Waals surface area contributed by atoms with E-state index >= 15 is 0 Å². The number of nitrogens with one attached hydrogen (secondary N) is 2. The molecule has 0 saturated heterocycles. The fraction of sp³-hybridized carbons (Fsp3) is 0.333. The summed E-state index contributed by atoms with van der Waals surface area (Å²) in [6.07, 6.45) is 7.92. The molecule has 1 aliphatic heterocycles. The summed E-state index contributed by atoms with van der Waals surface area (Å²) in [5.74, 6) is 0.0611. The van der Waals surface area contributed by atoms with Gasteiger partial charge >= 0.3 is 0 Å². The van der Waals surface area contributed by atoms with E-state index in [1.165, 1.54) is 24.2 Å². The zero-order chi connectivity index (χ0) is 13.6. The molecule has 0 aromatic carbocycles. The van der Waals surface area contributed by atoms with Gasteiger partial charge in [0.05, 0.1) is 5.69 Å². The highest BCUT2D eigenvalue weighted by molar-refractivity contribution is 7.18. The van der Waals surface area contributed by atoms with Crippen LogP contribution in [0.25, 0.3) is 10.4 Å². The van der Waals surface area contributed by atoms with Gasteiger partial charge in [-0.2, -0.15) is 0 Å². The van der Waals surface area contributed by atoms with Crippen molar-refractivity contribution < 1.29 is 4.79 Å². The first-order chi connectivity index (χ1) is 9.76. The average Bonchev–Trinajstić information content (AvgIpc) is 3.08. The molecule has 1 aliphatic carbocycles. The first-order valence-corrected chi connectivity index (χ1v) is 7.72. The van der Waals surface area contributed by atoms with Gasteiger partial charge in [0.2, 0.25) is 0 Å². The Balaban J connectivity index is 1.74. The molecule has 1 saturated carbocycles. The van der Waals surface area contributed by atoms with E-state index in [9.17, 15) is 4.79 Å². The topological polar surface area (TPSA) is 54.0 Å². The first-order valence-electron chi connectivity index (χ1n) is 6.91. The van der Waals surface area contributed by atoms with Crippen LogP contribution in [0.3, 0.4) is 0 Å². The number of rotatable bonds is 1. The molecule has 2 aromatic heterocycles. The fourth-order valence-electron chi connectivity index (χ4n) is 3.10. The number of pyridine rings is 1. The van der Waals surface area contributed by atoms with E-state index in [0.29, 0.717) is 0 Å². The quantitative estimate of drug-likeness (QED) is 0.845. The summed E-state index contributed by atoms with van der Waals surface area (Å²) >= 11 is 1.54. The van der Waals surface area contributed by atoms with Crippen molar-refractivity contribution in [3.8, 4) is 10.4 Å². The van der Waals surface area contributed by atoms with Crippen LogP contribution in [0.15, 0.2) is 30.6 Å². The minimum atomic E-state index is -0.208. The highest BCUT2D eigenvalue weighted by Gasteiger charge is 2.40. The van der Waals surface area contributed by atoms with Gasteiger partial charge in [-0.05, 0) is 49.4 Å². The van der Waals surface area contributed by atoms with Crippen molar-refractivity contribution in [1.82, 2.24) is 10.3 Å². The van der Waals surface area contributed by atoms with Crippen LogP contribution in [0, 0.1) is 0 Å². The molecule has 1 spiro atoms. The van der Waals surface area contributed by atoms with Gasteiger partial charge in [-0.15, -0.1) is 11.3 Å². The maximum atomic E-state index is 12.3. The molecule has 5 heteroatoms. The van der Waals surface area contributed by atoms with E-state index in [4.69, 9.17) is 0 Å². The number of hydrogen-bond acceptors (Lipinski definition) is 4. The number of nitrogens with zero attached hydrogens (tertiary/aromatic N) is 1. The van der Waals surface area contributed by atoms with Gasteiger partial charge < -0.3 is 10.6 Å². The van der Waals surface area contributed by atoms with Crippen molar-refractivity contribution in [3.05, 3.63) is 35.5 Å². The van der Waals surface area contributed by atoms with E-state index < -0.39 is 0 Å². The number of hydrogen-bond donors (Lipinski definition) is 2. The number of carbonyl (C=O) groups is 1. The molecule has 2 N–H and O–H groups in total. The molecule has 0 unspecified atom stereocenters. The predicted octanol–water partition coefficient (Wildman–Crippen LogP) is 3.24. The van der Waals surface area contributed by atoms with Crippen LogP contribution in [0.4, 0.5) is 5.69 Å². The van der Waals surface area contributed by atoms with E-state index in [2.05, 4.69) is 21.7 Å². The van der Waals surface area contributed by atoms with Crippen LogP contribution in [0.5, 0.6) is 0 Å². The van der Waals surface area contributed by atoms with E-state index in [-0.39, 0.29) is 11.6 Å². The molecular weight excluding hydrogens is 270 g/mol. The van der Waals surface area contributed by atoms with Crippen LogP contribution in [0.1, 0.15) is 35.4 Å². The van der Waals surface area contributed by atoms with Gasteiger partial charge in [0, 0.05) is 17.3 Å². The summed E-state index contributed by atoms with van der Waals surface area (Å²) in [6, 6.07) is 6.04. The molecule has 2 aliphatic rings. The molecule has 4 nitrogen and oxygen atoms in total. The second-order valence-corrected chi connectivity index (χ2v) is 6.51. The summed E-state index contributed by atoms with van der Waals surface area (Å²) in [5, 5.41) is 6.72. The number of fused-ring (bicyclic) bond motifs is 1. The highest BCUT2D eigenvalue weighted by Crippen LogP contribution is 2.41. The minimum absolute atomic E-state index is 0.0611. The molecule has 0 radical (unpaired) electrons. The van der Waals surface area contributed by atoms with Crippen LogP contribution < -0.4 is 10.6 Å². The molecule has 2 aromatic rings. The Morgan fingerprint density at radius 2 is 1.90 bits per heavy atom. The Hall–Kier alpha value is -1.88. The lowest BCUT2D eigenvalue weighted by atomic mass is 10.0. The zero-order valence-corrected chi connectivity index (χ0v) is 11.8. The van der Waals surface area contributed by atoms with Crippen molar-refractivity contribution in [2.45, 2.75) is 31.3 Å². The number of carbonyl (C=O) groups excluding carboxylic acids is 1. The van der Waals surface area contributed by atoms with E-state index in [1.807, 2.05) is 12.1 Å². The molecule has 102 valence electrons. The Kier molecular flexibility index (Phi) is 2.57. The third kappa shape index (κ3) is 1.81. The van der Waals surface area contributed by atoms with Gasteiger partial charge in [-0.3, -0.25) is 9.78 Å². The number of anilines is 1. The molecular formula is C15H15N3OS. The number of amides is 1. The van der Waals surface area contributed by atoms with Crippen LogP contribution in [-0.4, -0.2) is 16.6 Å². The zero-order valence-electron chi connectivity index (χ0n) is 11.0. The van der Waals surface area contributed by atoms with Gasteiger partial charge in [0.25, 0.3) is 5.91 Å². The molecule has 1 fully saturated rings. The molecule has 20 heavy (non-hydrogen) atoms. The molecule has 0 bridgehead atoms. The second-order valence-electron chi connectivity index (χ2n) is 5.46. The van der Waals surface area contributed by atoms with Crippen LogP contribution >= 0.6 is 11.3 Å². The predicted molar refractivity (Wildman–Crippen MR) is 79.8 cm³/mol. The van der Waals surface area contributed by atoms with Crippen molar-refractivity contribution in [2.24, 2.45) is 0 Å². The Labute approximate surface area is 121 Å². The van der Waals surface area contributed by atoms with Crippen LogP contribution in [-0.2, 0) is 0 Å². The van der Waals surface area contributed by atoms with Gasteiger partial charge in [-0.1, -0.05) is 0 Å². The average molecular weight is 285 g/mol. The third-order valence-corrected chi connectivity index (χ3v) is 5.27. The molecule has 3 heterocycles. The maximum absolute atomic E-state index is 12.3. The Morgan fingerprint density at radius 3 is 2.65 bits per heavy atom. The summed E-state index contributed by atoms with van der Waals surface area (Å²) in [5.41, 5.74) is 1.88. The van der Waals surface area contributed by atoms with E-state index in [0.717, 1.165) is 33.8 Å². The molecule has 0 atom stereocenters. The van der Waals surface area contributed by atoms with Gasteiger partial charge in [-0.25, -0.2) is 0 Å². The molecule has 4 rings (SSSR count). The van der Waals surface area contributed by atoms with Gasteiger partial charge in [0.1, 0.15) is 10.5 Å². The lowest BCUT2D eigenvalue weighted by Crippen LogP contribution is -2.55. The number of thiophene rings is 1. The van der Waals surface area contributed by atoms with Crippen molar-refractivity contribution in [2.75, 3.05) is 5.32 Å². The lowest BCUT2D eigenvalue weighted by Gasteiger charge is -2.36. The number of aromatic nitrogens is 1. The lowest BCUT2D eigenvalue weighted by molar-refractivity contribution is 0.0907. The van der Waals surface area contributed by atoms with Crippen molar-refractivity contribution in [1.29, 1.82) is 0 Å². The standard InChI is InChI=1S/C15H15N3OS/c19-14-13-11(17-15(18-14)5-1-2-6-15)9-12(20-13)10-3-7-16-8-4-10/h3-4,7-9,17H,1-2,5-6H2,(H,18,19). The highest BCUT2D eigenvalue weighted by atomic mass is 32.1. The first kappa shape index (κ1) is 11.9. The van der Waals surface area contributed by atoms with E-state index in [1.54, 1.807) is 12.4 Å². The SMILES string of the molecule is O=C1NC2(CCCC2)Nc2cc(-c3ccncc3)sc21. The van der Waals surface area contributed by atoms with Crippen molar-refractivity contribution >= 4 is 22.9 Å². The smallest absolute Gasteiger partial charge is 0.265 e. The summed E-state index contributed by atoms with van der Waals surface area (Å²) < 4.78 is 0. The summed E-state index contributed by atoms with van der Waals surface area (Å²) in [7, 11) is 0. The monoisotopic (exact) mass is 285 g/mol. The van der Waals surface area contributed by atoms with Crippen molar-refractivity contribution in [3.63, 3.8) is 0 Å². The third-order valence-electron chi connectivity index (χ3n) is 4.09. The Morgan fingerprint density at radius 1 is 1.15 bits per heavy atom. The molecule has 1 amide bonds. The normalized spacial score (nSPS) is 19.5. The summed E-state index contributed by atoms with van der Waals surface area (Å²) in [6.45, 7) is 0. The second kappa shape index (κ2) is 4.31. The summed E-state index contributed by atoms with van der Waals surface area (Å²) in [4.78, 5) is 18.3. The van der Waals surface area contributed by atoms with Gasteiger partial charge in [0.15, 0.2) is 0 Å². The largest absolute Gasteiger partial charge is 0.361 e.